The summed E-state index contributed by atoms with van der Waals surface area (Å²) in [5.41, 5.74) is 2.31. The molecule has 1 amide bonds. The van der Waals surface area contributed by atoms with Crippen molar-refractivity contribution in [3.63, 3.8) is 0 Å². The molecular weight excluding hydrogens is 418 g/mol. The van der Waals surface area contributed by atoms with E-state index in [1.54, 1.807) is 30.6 Å². The summed E-state index contributed by atoms with van der Waals surface area (Å²) in [4.78, 5) is 43.4. The van der Waals surface area contributed by atoms with Gasteiger partial charge in [0.15, 0.2) is 0 Å². The summed E-state index contributed by atoms with van der Waals surface area (Å²) in [6.07, 6.45) is 3.26. The molecule has 0 unspecified atom stereocenters. The number of aryl methyl sites for hydroxylation is 2. The molecule has 0 radical (unpaired) electrons. The first-order valence-electron chi connectivity index (χ1n) is 10.5. The van der Waals surface area contributed by atoms with E-state index in [-0.39, 0.29) is 18.8 Å². The Morgan fingerprint density at radius 2 is 1.70 bits per heavy atom. The maximum Gasteiger partial charge on any atom is 0.352 e. The number of amides is 1. The van der Waals surface area contributed by atoms with Gasteiger partial charge in [0.2, 0.25) is 5.69 Å². The third kappa shape index (κ3) is 4.95. The number of benzene rings is 2. The summed E-state index contributed by atoms with van der Waals surface area (Å²) < 4.78 is 2.14. The third-order valence-corrected chi connectivity index (χ3v) is 5.15. The van der Waals surface area contributed by atoms with Crippen molar-refractivity contribution in [1.82, 2.24) is 24.6 Å². The van der Waals surface area contributed by atoms with E-state index in [1.165, 1.54) is 0 Å². The number of pyridine rings is 1. The van der Waals surface area contributed by atoms with Crippen LogP contribution in [0.4, 0.5) is 0 Å². The van der Waals surface area contributed by atoms with Crippen molar-refractivity contribution < 1.29 is 4.79 Å². The zero-order valence-corrected chi connectivity index (χ0v) is 18.4. The van der Waals surface area contributed by atoms with Crippen LogP contribution in [0.1, 0.15) is 32.7 Å². The molecule has 0 spiro atoms. The van der Waals surface area contributed by atoms with Gasteiger partial charge < -0.3 is 5.32 Å². The molecule has 0 aliphatic heterocycles. The van der Waals surface area contributed by atoms with Gasteiger partial charge in [-0.1, -0.05) is 53.6 Å². The summed E-state index contributed by atoms with van der Waals surface area (Å²) in [7, 11) is 0. The molecule has 8 heteroatoms. The van der Waals surface area contributed by atoms with Crippen LogP contribution in [0.2, 0.25) is 0 Å². The van der Waals surface area contributed by atoms with E-state index in [4.69, 9.17) is 0 Å². The zero-order chi connectivity index (χ0) is 23.4. The van der Waals surface area contributed by atoms with Crippen LogP contribution < -0.4 is 16.6 Å². The number of rotatable bonds is 6. The van der Waals surface area contributed by atoms with Crippen molar-refractivity contribution in [2.75, 3.05) is 0 Å². The summed E-state index contributed by atoms with van der Waals surface area (Å²) in [5.74, 6) is -0.664. The largest absolute Gasteiger partial charge is 0.352 e. The zero-order valence-electron chi connectivity index (χ0n) is 18.4. The van der Waals surface area contributed by atoms with Crippen LogP contribution in [0.5, 0.6) is 0 Å². The highest BCUT2D eigenvalue weighted by Crippen LogP contribution is 2.08. The van der Waals surface area contributed by atoms with E-state index in [0.29, 0.717) is 5.69 Å². The number of aromatic nitrogens is 4. The summed E-state index contributed by atoms with van der Waals surface area (Å²) in [6.45, 7) is 4.06. The Labute approximate surface area is 190 Å². The van der Waals surface area contributed by atoms with Gasteiger partial charge in [-0.25, -0.2) is 4.79 Å². The topological polar surface area (TPSA) is 98.9 Å². The Morgan fingerprint density at radius 1 is 0.939 bits per heavy atom. The highest BCUT2D eigenvalue weighted by Gasteiger charge is 2.20. The molecule has 4 aromatic rings. The lowest BCUT2D eigenvalue weighted by Gasteiger charge is -2.13. The SMILES string of the molecule is Cc1ccc(-n2nc(C(=O)NCc3cccnc3)c(=O)n(Cc3cccc(C)c3)c2=O)cc1. The van der Waals surface area contributed by atoms with Crippen molar-refractivity contribution >= 4 is 5.91 Å². The Kier molecular flexibility index (Phi) is 6.26. The molecule has 2 heterocycles. The smallest absolute Gasteiger partial charge is 0.346 e. The van der Waals surface area contributed by atoms with Crippen molar-refractivity contribution in [3.8, 4) is 5.69 Å². The number of carbonyl (C=O) groups is 1. The van der Waals surface area contributed by atoms with Crippen LogP contribution in [0.25, 0.3) is 5.69 Å². The van der Waals surface area contributed by atoms with E-state index in [2.05, 4.69) is 15.4 Å². The van der Waals surface area contributed by atoms with Crippen LogP contribution in [0, 0.1) is 13.8 Å². The molecule has 0 atom stereocenters. The van der Waals surface area contributed by atoms with Gasteiger partial charge in [0.05, 0.1) is 12.2 Å². The number of nitrogens with one attached hydrogen (secondary N) is 1. The van der Waals surface area contributed by atoms with Gasteiger partial charge in [-0.3, -0.25) is 19.1 Å². The second-order valence-corrected chi connectivity index (χ2v) is 7.80. The summed E-state index contributed by atoms with van der Waals surface area (Å²) in [5, 5.41) is 6.84. The first-order valence-corrected chi connectivity index (χ1v) is 10.5. The van der Waals surface area contributed by atoms with Crippen LogP contribution in [0.3, 0.4) is 0 Å². The van der Waals surface area contributed by atoms with E-state index >= 15 is 0 Å². The number of hydrogen-bond acceptors (Lipinski definition) is 5. The van der Waals surface area contributed by atoms with Crippen molar-refractivity contribution in [3.05, 3.63) is 122 Å². The van der Waals surface area contributed by atoms with Crippen LogP contribution in [-0.4, -0.2) is 25.2 Å². The van der Waals surface area contributed by atoms with E-state index < -0.39 is 17.2 Å². The Hall–Kier alpha value is -4.33. The minimum atomic E-state index is -0.742. The lowest BCUT2D eigenvalue weighted by atomic mass is 10.1. The molecule has 0 saturated heterocycles. The first kappa shape index (κ1) is 21.9. The monoisotopic (exact) mass is 441 g/mol. The first-order chi connectivity index (χ1) is 15.9. The van der Waals surface area contributed by atoms with Gasteiger partial charge in [-0.2, -0.15) is 9.78 Å². The van der Waals surface area contributed by atoms with Crippen LogP contribution in [-0.2, 0) is 13.1 Å². The van der Waals surface area contributed by atoms with Gasteiger partial charge in [0, 0.05) is 18.9 Å². The molecule has 0 fully saturated rings. The normalized spacial score (nSPS) is 10.7. The molecule has 4 rings (SSSR count). The van der Waals surface area contributed by atoms with Gasteiger partial charge in [-0.15, -0.1) is 0 Å². The standard InChI is InChI=1S/C25H23N5O3/c1-17-8-10-21(11-9-17)30-25(33)29(16-19-6-3-5-18(2)13-19)24(32)22(28-30)23(31)27-15-20-7-4-12-26-14-20/h3-14H,15-16H2,1-2H3,(H,27,31). The van der Waals surface area contributed by atoms with Crippen molar-refractivity contribution in [2.24, 2.45) is 0 Å². The number of carbonyl (C=O) groups excluding carboxylic acids is 1. The molecule has 166 valence electrons. The highest BCUT2D eigenvalue weighted by molar-refractivity contribution is 5.91. The number of nitrogens with zero attached hydrogens (tertiary/aromatic N) is 4. The predicted octanol–water partition coefficient (Wildman–Crippen LogP) is 2.38. The second kappa shape index (κ2) is 9.44. The molecule has 8 nitrogen and oxygen atoms in total. The average molecular weight is 441 g/mol. The predicted molar refractivity (Wildman–Crippen MR) is 125 cm³/mol. The quantitative estimate of drug-likeness (QED) is 0.495. The molecule has 2 aromatic heterocycles. The van der Waals surface area contributed by atoms with E-state index in [9.17, 15) is 14.4 Å². The van der Waals surface area contributed by atoms with Gasteiger partial charge >= 0.3 is 5.69 Å². The Bertz CT molecular complexity index is 1410. The molecule has 0 bridgehead atoms. The Morgan fingerprint density at radius 3 is 2.39 bits per heavy atom. The molecule has 1 N–H and O–H groups in total. The lowest BCUT2D eigenvalue weighted by molar-refractivity contribution is 0.0941. The van der Waals surface area contributed by atoms with Crippen molar-refractivity contribution in [1.29, 1.82) is 0 Å². The summed E-state index contributed by atoms with van der Waals surface area (Å²) >= 11 is 0. The lowest BCUT2D eigenvalue weighted by Crippen LogP contribution is -2.46. The molecule has 0 aliphatic carbocycles. The van der Waals surface area contributed by atoms with E-state index in [0.717, 1.165) is 31.5 Å². The fourth-order valence-electron chi connectivity index (χ4n) is 3.41. The van der Waals surface area contributed by atoms with Gasteiger partial charge in [0.1, 0.15) is 0 Å². The maximum atomic E-state index is 13.2. The number of hydrogen-bond donors (Lipinski definition) is 1. The fourth-order valence-corrected chi connectivity index (χ4v) is 3.41. The van der Waals surface area contributed by atoms with Gasteiger partial charge in [-0.05, 0) is 43.2 Å². The highest BCUT2D eigenvalue weighted by atomic mass is 16.2. The third-order valence-electron chi connectivity index (χ3n) is 5.15. The maximum absolute atomic E-state index is 13.2. The van der Waals surface area contributed by atoms with Crippen LogP contribution >= 0.6 is 0 Å². The summed E-state index contributed by atoms with van der Waals surface area (Å²) in [6, 6.07) is 18.2. The second-order valence-electron chi connectivity index (χ2n) is 7.80. The minimum Gasteiger partial charge on any atom is -0.346 e. The fraction of sp³-hybridized carbons (Fsp3) is 0.160. The molecule has 0 saturated carbocycles. The van der Waals surface area contributed by atoms with Crippen molar-refractivity contribution in [2.45, 2.75) is 26.9 Å². The Balaban J connectivity index is 1.78. The van der Waals surface area contributed by atoms with E-state index in [1.807, 2.05) is 56.3 Å². The minimum absolute atomic E-state index is 0.0244. The molecule has 0 aliphatic rings. The van der Waals surface area contributed by atoms with Crippen LogP contribution in [0.15, 0.2) is 82.6 Å². The molecular formula is C25H23N5O3. The molecule has 33 heavy (non-hydrogen) atoms. The van der Waals surface area contributed by atoms with Gasteiger partial charge in [0.25, 0.3) is 11.5 Å². The average Bonchev–Trinajstić information content (AvgIpc) is 2.82. The molecule has 2 aromatic carbocycles.